The molecule has 0 aromatic heterocycles. The second-order valence-electron chi connectivity index (χ2n) is 7.37. The summed E-state index contributed by atoms with van der Waals surface area (Å²) in [7, 11) is 0. The zero-order valence-corrected chi connectivity index (χ0v) is 17.5. The molecule has 0 aliphatic heterocycles. The summed E-state index contributed by atoms with van der Waals surface area (Å²) in [6.07, 6.45) is 0.0687. The number of primary amides is 1. The van der Waals surface area contributed by atoms with Crippen molar-refractivity contribution in [2.24, 2.45) is 5.73 Å². The van der Waals surface area contributed by atoms with Gasteiger partial charge in [0.1, 0.15) is 11.5 Å². The molecule has 0 saturated heterocycles. The van der Waals surface area contributed by atoms with Crippen LogP contribution in [0.5, 0.6) is 11.5 Å². The molecule has 3 rings (SSSR count). The van der Waals surface area contributed by atoms with Crippen molar-refractivity contribution in [2.75, 3.05) is 6.54 Å². The Morgan fingerprint density at radius 3 is 2.16 bits per heavy atom. The number of rotatable bonds is 9. The van der Waals surface area contributed by atoms with Gasteiger partial charge in [-0.25, -0.2) is 4.79 Å². The minimum atomic E-state index is -0.690. The summed E-state index contributed by atoms with van der Waals surface area (Å²) in [4.78, 5) is 24.1. The Kier molecular flexibility index (Phi) is 7.65. The smallest absolute Gasteiger partial charge is 0.312 e. The number of urea groups is 1. The second-order valence-corrected chi connectivity index (χ2v) is 7.37. The third-order valence-corrected chi connectivity index (χ3v) is 4.92. The van der Waals surface area contributed by atoms with E-state index in [1.54, 1.807) is 6.07 Å². The number of amides is 3. The molecule has 6 nitrogen and oxygen atoms in total. The maximum absolute atomic E-state index is 12.6. The maximum Gasteiger partial charge on any atom is 0.312 e. The first kappa shape index (κ1) is 21.9. The molecule has 3 aromatic rings. The van der Waals surface area contributed by atoms with Gasteiger partial charge in [-0.15, -0.1) is 0 Å². The average molecular weight is 418 g/mol. The fraction of sp³-hybridized carbons (Fsp3) is 0.200. The first-order valence-electron chi connectivity index (χ1n) is 10.2. The quantitative estimate of drug-likeness (QED) is 0.479. The van der Waals surface area contributed by atoms with Gasteiger partial charge in [0.15, 0.2) is 0 Å². The van der Waals surface area contributed by atoms with Crippen LogP contribution in [0.2, 0.25) is 0 Å². The predicted molar refractivity (Wildman–Crippen MR) is 121 cm³/mol. The summed E-state index contributed by atoms with van der Waals surface area (Å²) in [6, 6.07) is 25.4. The van der Waals surface area contributed by atoms with Crippen molar-refractivity contribution in [1.82, 2.24) is 10.6 Å². The number of hydrogen-bond acceptors (Lipinski definition) is 3. The molecule has 0 aliphatic carbocycles. The summed E-state index contributed by atoms with van der Waals surface area (Å²) >= 11 is 0. The monoisotopic (exact) mass is 417 g/mol. The number of hydrogen-bond donors (Lipinski definition) is 3. The molecule has 160 valence electrons. The van der Waals surface area contributed by atoms with Gasteiger partial charge in [-0.1, -0.05) is 67.6 Å². The Balaban J connectivity index is 1.65. The topological polar surface area (TPSA) is 93.5 Å². The largest absolute Gasteiger partial charge is 0.457 e. The number of ether oxygens (including phenoxy) is 1. The normalized spacial score (nSPS) is 12.4. The summed E-state index contributed by atoms with van der Waals surface area (Å²) in [5, 5.41) is 5.61. The third kappa shape index (κ3) is 6.89. The van der Waals surface area contributed by atoms with E-state index in [0.717, 1.165) is 11.1 Å². The van der Waals surface area contributed by atoms with Gasteiger partial charge in [0.05, 0.1) is 12.5 Å². The maximum atomic E-state index is 12.6. The van der Waals surface area contributed by atoms with Crippen LogP contribution >= 0.6 is 0 Å². The molecule has 0 saturated carbocycles. The number of para-hydroxylation sites is 1. The zero-order valence-electron chi connectivity index (χ0n) is 17.5. The first-order chi connectivity index (χ1) is 15.0. The van der Waals surface area contributed by atoms with Gasteiger partial charge in [0.25, 0.3) is 0 Å². The Morgan fingerprint density at radius 2 is 1.48 bits per heavy atom. The number of benzene rings is 3. The lowest BCUT2D eigenvalue weighted by molar-refractivity contribution is -0.121. The molecule has 4 N–H and O–H groups in total. The van der Waals surface area contributed by atoms with Crippen LogP contribution in [-0.2, 0) is 4.79 Å². The molecule has 0 fully saturated rings. The summed E-state index contributed by atoms with van der Waals surface area (Å²) in [6.45, 7) is 2.56. The van der Waals surface area contributed by atoms with Crippen LogP contribution in [0, 0.1) is 0 Å². The van der Waals surface area contributed by atoms with Gasteiger partial charge in [-0.3, -0.25) is 4.79 Å². The lowest BCUT2D eigenvalue weighted by Gasteiger charge is -2.19. The first-order valence-corrected chi connectivity index (χ1v) is 10.2. The second kappa shape index (κ2) is 10.8. The van der Waals surface area contributed by atoms with E-state index in [0.29, 0.717) is 18.0 Å². The van der Waals surface area contributed by atoms with Gasteiger partial charge in [-0.05, 0) is 41.3 Å². The van der Waals surface area contributed by atoms with Crippen molar-refractivity contribution in [1.29, 1.82) is 0 Å². The van der Waals surface area contributed by atoms with E-state index in [1.807, 2.05) is 78.9 Å². The number of carbonyl (C=O) groups is 2. The van der Waals surface area contributed by atoms with Gasteiger partial charge in [0, 0.05) is 6.54 Å². The van der Waals surface area contributed by atoms with Crippen LogP contribution in [0.25, 0.3) is 0 Å². The van der Waals surface area contributed by atoms with Gasteiger partial charge < -0.3 is 21.1 Å². The van der Waals surface area contributed by atoms with E-state index in [1.165, 1.54) is 0 Å². The molecule has 0 unspecified atom stereocenters. The van der Waals surface area contributed by atoms with Gasteiger partial charge in [-0.2, -0.15) is 0 Å². The average Bonchev–Trinajstić information content (AvgIpc) is 2.78. The molecular formula is C25H27N3O3. The highest BCUT2D eigenvalue weighted by Crippen LogP contribution is 2.26. The Bertz CT molecular complexity index is 993. The fourth-order valence-electron chi connectivity index (χ4n) is 3.27. The summed E-state index contributed by atoms with van der Waals surface area (Å²) in [5.41, 5.74) is 7.24. The highest BCUT2D eigenvalue weighted by molar-refractivity contribution is 5.78. The highest BCUT2D eigenvalue weighted by Gasteiger charge is 2.19. The molecule has 0 bridgehead atoms. The molecular weight excluding hydrogens is 390 g/mol. The molecule has 2 atom stereocenters. The molecule has 3 amide bonds. The van der Waals surface area contributed by atoms with E-state index >= 15 is 0 Å². The third-order valence-electron chi connectivity index (χ3n) is 4.92. The number of nitrogens with two attached hydrogens (primary N) is 1. The lowest BCUT2D eigenvalue weighted by Crippen LogP contribution is -2.37. The SMILES string of the molecule is C[C@H](CNC(=O)C[C@H](NC(N)=O)c1cccc(Oc2ccccc2)c1)c1ccccc1. The van der Waals surface area contributed by atoms with E-state index in [-0.39, 0.29) is 18.2 Å². The van der Waals surface area contributed by atoms with Crippen molar-refractivity contribution >= 4 is 11.9 Å². The molecule has 3 aromatic carbocycles. The minimum absolute atomic E-state index is 0.0687. The Hall–Kier alpha value is -3.80. The molecule has 0 spiro atoms. The van der Waals surface area contributed by atoms with Crippen molar-refractivity contribution in [3.8, 4) is 11.5 Å². The van der Waals surface area contributed by atoms with E-state index in [2.05, 4.69) is 17.6 Å². The molecule has 6 heteroatoms. The lowest BCUT2D eigenvalue weighted by atomic mass is 10.0. The molecule has 31 heavy (non-hydrogen) atoms. The van der Waals surface area contributed by atoms with E-state index in [9.17, 15) is 9.59 Å². The molecule has 0 radical (unpaired) electrons. The van der Waals surface area contributed by atoms with Gasteiger partial charge in [0.2, 0.25) is 5.91 Å². The van der Waals surface area contributed by atoms with Gasteiger partial charge >= 0.3 is 6.03 Å². The Morgan fingerprint density at radius 1 is 0.871 bits per heavy atom. The summed E-state index contributed by atoms with van der Waals surface area (Å²) in [5.74, 6) is 1.32. The number of carbonyl (C=O) groups excluding carboxylic acids is 2. The number of nitrogens with one attached hydrogen (secondary N) is 2. The minimum Gasteiger partial charge on any atom is -0.457 e. The van der Waals surface area contributed by atoms with E-state index < -0.39 is 12.1 Å². The predicted octanol–water partition coefficient (Wildman–Crippen LogP) is 4.50. The zero-order chi connectivity index (χ0) is 22.1. The fourth-order valence-corrected chi connectivity index (χ4v) is 3.27. The summed E-state index contributed by atoms with van der Waals surface area (Å²) < 4.78 is 5.86. The Labute approximate surface area is 182 Å². The molecule has 0 aliphatic rings. The van der Waals surface area contributed by atoms with Crippen molar-refractivity contribution < 1.29 is 14.3 Å². The van der Waals surface area contributed by atoms with Crippen LogP contribution in [0.1, 0.15) is 36.4 Å². The standard InChI is InChI=1S/C25H27N3O3/c1-18(19-9-4-2-5-10-19)17-27-24(29)16-23(28-25(26)30)20-11-8-14-22(15-20)31-21-12-6-3-7-13-21/h2-15,18,23H,16-17H2,1H3,(H,27,29)(H3,26,28,30)/t18-,23+/m1/s1. The van der Waals surface area contributed by atoms with Crippen LogP contribution in [0.15, 0.2) is 84.9 Å². The highest BCUT2D eigenvalue weighted by atomic mass is 16.5. The van der Waals surface area contributed by atoms with Crippen molar-refractivity contribution in [2.45, 2.75) is 25.3 Å². The van der Waals surface area contributed by atoms with Crippen LogP contribution < -0.4 is 21.1 Å². The van der Waals surface area contributed by atoms with Crippen molar-refractivity contribution in [3.63, 3.8) is 0 Å². The van der Waals surface area contributed by atoms with Crippen LogP contribution in [0.3, 0.4) is 0 Å². The van der Waals surface area contributed by atoms with E-state index in [4.69, 9.17) is 10.5 Å². The van der Waals surface area contributed by atoms with Crippen molar-refractivity contribution in [3.05, 3.63) is 96.1 Å². The van der Waals surface area contributed by atoms with Crippen LogP contribution in [-0.4, -0.2) is 18.5 Å². The molecule has 0 heterocycles. The van der Waals surface area contributed by atoms with Crippen LogP contribution in [0.4, 0.5) is 4.79 Å².